The summed E-state index contributed by atoms with van der Waals surface area (Å²) >= 11 is 0. The minimum atomic E-state index is -0.417. The van der Waals surface area contributed by atoms with Gasteiger partial charge in [-0.25, -0.2) is 0 Å². The summed E-state index contributed by atoms with van der Waals surface area (Å²) in [4.78, 5) is 25.0. The first-order valence-corrected chi connectivity index (χ1v) is 5.60. The van der Waals surface area contributed by atoms with Gasteiger partial charge in [-0.15, -0.1) is 0 Å². The van der Waals surface area contributed by atoms with Crippen molar-refractivity contribution in [3.05, 3.63) is 11.9 Å². The molecule has 2 fully saturated rings. The lowest BCUT2D eigenvalue weighted by Gasteiger charge is -2.24. The first-order valence-electron chi connectivity index (χ1n) is 5.60. The second-order valence-electron chi connectivity index (χ2n) is 4.69. The number of carbonyl (C=O) groups is 2. The predicted octanol–water partition coefficient (Wildman–Crippen LogP) is -1.32. The van der Waals surface area contributed by atoms with Gasteiger partial charge in [-0.05, 0) is 18.3 Å². The van der Waals surface area contributed by atoms with Gasteiger partial charge < -0.3 is 10.6 Å². The number of fused-ring (bicyclic) bond motifs is 1. The van der Waals surface area contributed by atoms with E-state index in [1.807, 2.05) is 0 Å². The van der Waals surface area contributed by atoms with Crippen LogP contribution in [0, 0.1) is 11.8 Å². The first-order chi connectivity index (χ1) is 8.16. The molecule has 3 unspecified atom stereocenters. The van der Waals surface area contributed by atoms with Crippen LogP contribution in [-0.4, -0.2) is 44.7 Å². The molecule has 3 rings (SSSR count). The van der Waals surface area contributed by atoms with Gasteiger partial charge in [-0.1, -0.05) is 0 Å². The molecule has 0 bridgehead atoms. The van der Waals surface area contributed by atoms with E-state index >= 15 is 0 Å². The summed E-state index contributed by atoms with van der Waals surface area (Å²) in [7, 11) is 0. The highest BCUT2D eigenvalue weighted by Crippen LogP contribution is 2.49. The van der Waals surface area contributed by atoms with E-state index in [1.165, 1.54) is 6.20 Å². The van der Waals surface area contributed by atoms with Crippen molar-refractivity contribution >= 4 is 11.8 Å². The lowest BCUT2D eigenvalue weighted by molar-refractivity contribution is -0.137. The molecule has 1 aliphatic carbocycles. The fraction of sp³-hybridized carbons (Fsp3) is 0.600. The number of aromatic amines is 1. The van der Waals surface area contributed by atoms with Gasteiger partial charge in [0.05, 0.1) is 18.3 Å². The number of amides is 2. The molecule has 1 aromatic heterocycles. The Morgan fingerprint density at radius 3 is 3.06 bits per heavy atom. The van der Waals surface area contributed by atoms with Crippen molar-refractivity contribution in [1.82, 2.24) is 20.3 Å². The molecule has 7 heteroatoms. The minimum Gasteiger partial charge on any atom is -0.368 e. The van der Waals surface area contributed by atoms with Crippen molar-refractivity contribution in [3.63, 3.8) is 0 Å². The molecule has 2 aliphatic rings. The van der Waals surface area contributed by atoms with E-state index in [9.17, 15) is 9.59 Å². The van der Waals surface area contributed by atoms with E-state index in [4.69, 9.17) is 5.73 Å². The summed E-state index contributed by atoms with van der Waals surface area (Å²) in [6.45, 7) is 0.648. The summed E-state index contributed by atoms with van der Waals surface area (Å²) in [5.41, 5.74) is 5.93. The molecule has 0 aromatic carbocycles. The van der Waals surface area contributed by atoms with Crippen molar-refractivity contribution in [2.24, 2.45) is 17.6 Å². The summed E-state index contributed by atoms with van der Waals surface area (Å²) in [6.07, 6.45) is 2.69. The monoisotopic (exact) mass is 235 g/mol. The van der Waals surface area contributed by atoms with E-state index in [0.29, 0.717) is 18.2 Å². The molecular formula is C10H13N5O2. The van der Waals surface area contributed by atoms with Gasteiger partial charge in [0.25, 0.3) is 0 Å². The number of nitrogens with one attached hydrogen (secondary N) is 1. The second-order valence-corrected chi connectivity index (χ2v) is 4.69. The number of aromatic nitrogens is 3. The summed E-state index contributed by atoms with van der Waals surface area (Å²) < 4.78 is 0. The van der Waals surface area contributed by atoms with Gasteiger partial charge in [0, 0.05) is 6.54 Å². The SMILES string of the molecule is NC(=O)C1C2CC2CN1C(=O)Cc1cn[nH]n1. The third-order valence-corrected chi connectivity index (χ3v) is 3.56. The van der Waals surface area contributed by atoms with Gasteiger partial charge >= 0.3 is 0 Å². The van der Waals surface area contributed by atoms with Crippen molar-refractivity contribution in [3.8, 4) is 0 Å². The fourth-order valence-electron chi connectivity index (χ4n) is 2.65. The van der Waals surface area contributed by atoms with Gasteiger partial charge in [-0.2, -0.15) is 15.4 Å². The van der Waals surface area contributed by atoms with Crippen LogP contribution in [0.15, 0.2) is 6.20 Å². The highest BCUT2D eigenvalue weighted by molar-refractivity contribution is 5.89. The molecule has 1 saturated carbocycles. The van der Waals surface area contributed by atoms with Gasteiger partial charge in [0.15, 0.2) is 0 Å². The highest BCUT2D eigenvalue weighted by atomic mass is 16.2. The molecule has 7 nitrogen and oxygen atoms in total. The lowest BCUT2D eigenvalue weighted by Crippen LogP contribution is -2.47. The molecule has 1 saturated heterocycles. The molecule has 2 amide bonds. The minimum absolute atomic E-state index is 0.102. The number of hydrogen-bond donors (Lipinski definition) is 2. The molecule has 0 spiro atoms. The van der Waals surface area contributed by atoms with E-state index in [2.05, 4.69) is 15.4 Å². The number of likely N-dealkylation sites (tertiary alicyclic amines) is 1. The van der Waals surface area contributed by atoms with Crippen molar-refractivity contribution in [1.29, 1.82) is 0 Å². The van der Waals surface area contributed by atoms with Crippen molar-refractivity contribution < 1.29 is 9.59 Å². The highest BCUT2D eigenvalue weighted by Gasteiger charge is 2.56. The van der Waals surface area contributed by atoms with Crippen molar-refractivity contribution in [2.75, 3.05) is 6.54 Å². The Kier molecular flexibility index (Phi) is 2.13. The zero-order valence-electron chi connectivity index (χ0n) is 9.17. The van der Waals surface area contributed by atoms with Crippen molar-refractivity contribution in [2.45, 2.75) is 18.9 Å². The summed E-state index contributed by atoms with van der Waals surface area (Å²) in [5.74, 6) is 0.251. The van der Waals surface area contributed by atoms with E-state index in [1.54, 1.807) is 4.90 Å². The Morgan fingerprint density at radius 1 is 1.59 bits per heavy atom. The van der Waals surface area contributed by atoms with Crippen LogP contribution in [-0.2, 0) is 16.0 Å². The zero-order chi connectivity index (χ0) is 12.0. The largest absolute Gasteiger partial charge is 0.368 e. The van der Waals surface area contributed by atoms with Gasteiger partial charge in [-0.3, -0.25) is 9.59 Å². The average Bonchev–Trinajstić information content (AvgIpc) is 2.76. The number of primary amides is 1. The Hall–Kier alpha value is -1.92. The molecule has 3 atom stereocenters. The van der Waals surface area contributed by atoms with Crippen LogP contribution in [0.1, 0.15) is 12.1 Å². The van der Waals surface area contributed by atoms with Crippen LogP contribution in [0.3, 0.4) is 0 Å². The maximum Gasteiger partial charge on any atom is 0.240 e. The average molecular weight is 235 g/mol. The van der Waals surface area contributed by atoms with Crippen LogP contribution >= 0.6 is 0 Å². The summed E-state index contributed by atoms with van der Waals surface area (Å²) in [5, 5.41) is 9.92. The second kappa shape index (κ2) is 3.54. The molecular weight excluding hydrogens is 222 g/mol. The Morgan fingerprint density at radius 2 is 2.41 bits per heavy atom. The Balaban J connectivity index is 1.71. The first kappa shape index (κ1) is 10.2. The molecule has 1 aromatic rings. The molecule has 0 radical (unpaired) electrons. The third kappa shape index (κ3) is 1.67. The molecule has 90 valence electrons. The summed E-state index contributed by atoms with van der Waals surface area (Å²) in [6, 6.07) is -0.417. The smallest absolute Gasteiger partial charge is 0.240 e. The predicted molar refractivity (Wildman–Crippen MR) is 56.4 cm³/mol. The van der Waals surface area contributed by atoms with Crippen LogP contribution in [0.4, 0.5) is 0 Å². The maximum absolute atomic E-state index is 12.0. The molecule has 17 heavy (non-hydrogen) atoms. The van der Waals surface area contributed by atoms with Gasteiger partial charge in [0.1, 0.15) is 6.04 Å². The third-order valence-electron chi connectivity index (χ3n) is 3.56. The number of hydrogen-bond acceptors (Lipinski definition) is 4. The number of H-pyrrole nitrogens is 1. The molecule has 3 N–H and O–H groups in total. The van der Waals surface area contributed by atoms with Crippen LogP contribution in [0.2, 0.25) is 0 Å². The number of nitrogens with zero attached hydrogens (tertiary/aromatic N) is 3. The molecule has 2 heterocycles. The maximum atomic E-state index is 12.0. The van der Waals surface area contributed by atoms with Crippen LogP contribution < -0.4 is 5.73 Å². The zero-order valence-corrected chi connectivity index (χ0v) is 9.17. The van der Waals surface area contributed by atoms with E-state index in [-0.39, 0.29) is 18.2 Å². The van der Waals surface area contributed by atoms with E-state index in [0.717, 1.165) is 6.42 Å². The fourth-order valence-corrected chi connectivity index (χ4v) is 2.65. The number of rotatable bonds is 3. The quantitative estimate of drug-likeness (QED) is 0.677. The van der Waals surface area contributed by atoms with Crippen LogP contribution in [0.25, 0.3) is 0 Å². The molecule has 1 aliphatic heterocycles. The number of carbonyl (C=O) groups excluding carboxylic acids is 2. The standard InChI is InChI=1S/C10H13N5O2/c11-10(17)9-7-1-5(7)4-15(9)8(16)2-6-3-12-14-13-6/h3,5,7,9H,1-2,4H2,(H2,11,17)(H,12,13,14). The number of nitrogens with two attached hydrogens (primary N) is 1. The van der Waals surface area contributed by atoms with E-state index < -0.39 is 11.9 Å². The topological polar surface area (TPSA) is 105 Å². The number of piperidine rings is 1. The van der Waals surface area contributed by atoms with Crippen LogP contribution in [0.5, 0.6) is 0 Å². The Bertz CT molecular complexity index is 457. The Labute approximate surface area is 97.3 Å². The normalized spacial score (nSPS) is 30.1. The lowest BCUT2D eigenvalue weighted by atomic mass is 10.1. The van der Waals surface area contributed by atoms with Gasteiger partial charge in [0.2, 0.25) is 11.8 Å².